The number of hydrogen-bond donors (Lipinski definition) is 0. The summed E-state index contributed by atoms with van der Waals surface area (Å²) < 4.78 is 25.0. The minimum Gasteiger partial charge on any atom is -0.288 e. The highest BCUT2D eigenvalue weighted by Crippen LogP contribution is 2.33. The average Bonchev–Trinajstić information content (AvgIpc) is 2.02. The van der Waals surface area contributed by atoms with Gasteiger partial charge >= 0.3 is 0 Å². The zero-order valence-corrected chi connectivity index (χ0v) is 7.23. The van der Waals surface area contributed by atoms with Gasteiger partial charge in [0.1, 0.15) is 0 Å². The third kappa shape index (κ3) is 1.60. The lowest BCUT2D eigenvalue weighted by atomic mass is 9.91. The van der Waals surface area contributed by atoms with Crippen LogP contribution in [0.3, 0.4) is 0 Å². The van der Waals surface area contributed by atoms with Crippen LogP contribution in [0.2, 0.25) is 0 Å². The smallest absolute Gasteiger partial charge is 0.272 e. The highest BCUT2D eigenvalue weighted by molar-refractivity contribution is 4.91. The first-order chi connectivity index (χ1) is 5.67. The molecule has 0 N–H and O–H groups in total. The number of likely N-dealkylation sites (tertiary alicyclic amines) is 1. The van der Waals surface area contributed by atoms with Gasteiger partial charge in [-0.05, 0) is 12.8 Å². The van der Waals surface area contributed by atoms with Crippen molar-refractivity contribution in [1.29, 1.82) is 0 Å². The molecule has 0 amide bonds. The molecule has 1 nitrogen and oxygen atoms in total. The molecule has 2 aliphatic rings. The van der Waals surface area contributed by atoms with Gasteiger partial charge in [0, 0.05) is 6.04 Å². The van der Waals surface area contributed by atoms with Crippen LogP contribution in [-0.4, -0.2) is 30.0 Å². The van der Waals surface area contributed by atoms with E-state index < -0.39 is 5.92 Å². The molecule has 1 saturated carbocycles. The van der Waals surface area contributed by atoms with E-state index in [9.17, 15) is 8.78 Å². The number of rotatable bonds is 1. The van der Waals surface area contributed by atoms with E-state index in [1.165, 1.54) is 19.3 Å². The van der Waals surface area contributed by atoms with Crippen molar-refractivity contribution in [2.45, 2.75) is 44.1 Å². The molecule has 0 unspecified atom stereocenters. The second-order valence-electron chi connectivity index (χ2n) is 4.05. The van der Waals surface area contributed by atoms with E-state index in [4.69, 9.17) is 0 Å². The predicted octanol–water partition coefficient (Wildman–Crippen LogP) is 2.27. The molecule has 0 aromatic heterocycles. The van der Waals surface area contributed by atoms with Crippen LogP contribution in [0.15, 0.2) is 0 Å². The van der Waals surface area contributed by atoms with Gasteiger partial charge in [-0.15, -0.1) is 0 Å². The van der Waals surface area contributed by atoms with Gasteiger partial charge < -0.3 is 0 Å². The van der Waals surface area contributed by atoms with Crippen molar-refractivity contribution < 1.29 is 8.78 Å². The molecule has 2 fully saturated rings. The molecule has 1 saturated heterocycles. The van der Waals surface area contributed by atoms with Crippen LogP contribution in [0.4, 0.5) is 8.78 Å². The molecule has 1 aliphatic carbocycles. The standard InChI is InChI=1S/C9H15F2N/c10-9(11)6-12(7-9)8-4-2-1-3-5-8/h8H,1-7H2. The van der Waals surface area contributed by atoms with Crippen molar-refractivity contribution >= 4 is 0 Å². The van der Waals surface area contributed by atoms with Gasteiger partial charge in [-0.1, -0.05) is 19.3 Å². The lowest BCUT2D eigenvalue weighted by Gasteiger charge is -2.45. The molecule has 1 heterocycles. The molecule has 0 aromatic rings. The Kier molecular flexibility index (Phi) is 2.07. The van der Waals surface area contributed by atoms with Crippen molar-refractivity contribution in [2.24, 2.45) is 0 Å². The molecular weight excluding hydrogens is 160 g/mol. The fourth-order valence-corrected chi connectivity index (χ4v) is 2.25. The van der Waals surface area contributed by atoms with Gasteiger partial charge in [0.25, 0.3) is 5.92 Å². The van der Waals surface area contributed by atoms with Gasteiger partial charge in [-0.3, -0.25) is 4.90 Å². The summed E-state index contributed by atoms with van der Waals surface area (Å²) in [6.07, 6.45) is 6.02. The topological polar surface area (TPSA) is 3.24 Å². The zero-order chi connectivity index (χ0) is 8.60. The summed E-state index contributed by atoms with van der Waals surface area (Å²) in [4.78, 5) is 1.94. The first-order valence-corrected chi connectivity index (χ1v) is 4.79. The molecule has 1 aliphatic heterocycles. The number of hydrogen-bond acceptors (Lipinski definition) is 1. The van der Waals surface area contributed by atoms with Crippen LogP contribution in [0.25, 0.3) is 0 Å². The fourth-order valence-electron chi connectivity index (χ4n) is 2.25. The van der Waals surface area contributed by atoms with Crippen molar-refractivity contribution in [3.8, 4) is 0 Å². The Morgan fingerprint density at radius 2 is 1.58 bits per heavy atom. The minimum atomic E-state index is -2.38. The predicted molar refractivity (Wildman–Crippen MR) is 43.4 cm³/mol. The Bertz CT molecular complexity index is 156. The summed E-state index contributed by atoms with van der Waals surface area (Å²) in [5.74, 6) is -2.38. The molecule has 12 heavy (non-hydrogen) atoms. The van der Waals surface area contributed by atoms with Crippen molar-refractivity contribution in [1.82, 2.24) is 4.90 Å². The van der Waals surface area contributed by atoms with Gasteiger partial charge in [-0.25, -0.2) is 8.78 Å². The molecular formula is C9H15F2N. The molecule has 2 rings (SSSR count). The normalized spacial score (nSPS) is 31.5. The molecule has 3 heteroatoms. The lowest BCUT2D eigenvalue weighted by Crippen LogP contribution is -2.60. The van der Waals surface area contributed by atoms with Crippen LogP contribution in [-0.2, 0) is 0 Å². The Morgan fingerprint density at radius 3 is 2.08 bits per heavy atom. The van der Waals surface area contributed by atoms with E-state index in [1.54, 1.807) is 0 Å². The number of halogens is 2. The van der Waals surface area contributed by atoms with E-state index in [0.717, 1.165) is 12.8 Å². The second-order valence-corrected chi connectivity index (χ2v) is 4.05. The quantitative estimate of drug-likeness (QED) is 0.591. The second kappa shape index (κ2) is 2.95. The van der Waals surface area contributed by atoms with Crippen molar-refractivity contribution in [2.75, 3.05) is 13.1 Å². The van der Waals surface area contributed by atoms with Crippen molar-refractivity contribution in [3.63, 3.8) is 0 Å². The third-order valence-electron chi connectivity index (χ3n) is 2.96. The maximum absolute atomic E-state index is 12.5. The maximum atomic E-state index is 12.5. The summed E-state index contributed by atoms with van der Waals surface area (Å²) in [5, 5.41) is 0. The van der Waals surface area contributed by atoms with E-state index in [2.05, 4.69) is 0 Å². The summed E-state index contributed by atoms with van der Waals surface area (Å²) in [5.41, 5.74) is 0. The number of nitrogens with zero attached hydrogens (tertiary/aromatic N) is 1. The highest BCUT2D eigenvalue weighted by Gasteiger charge is 2.46. The lowest BCUT2D eigenvalue weighted by molar-refractivity contribution is -0.149. The SMILES string of the molecule is FC1(F)CN(C2CCCCC2)C1. The Hall–Kier alpha value is -0.180. The van der Waals surface area contributed by atoms with Crippen LogP contribution in [0.1, 0.15) is 32.1 Å². The summed E-state index contributed by atoms with van der Waals surface area (Å²) >= 11 is 0. The summed E-state index contributed by atoms with van der Waals surface area (Å²) in [7, 11) is 0. The van der Waals surface area contributed by atoms with Gasteiger partial charge in [-0.2, -0.15) is 0 Å². The Morgan fingerprint density at radius 1 is 1.00 bits per heavy atom. The largest absolute Gasteiger partial charge is 0.288 e. The third-order valence-corrected chi connectivity index (χ3v) is 2.96. The zero-order valence-electron chi connectivity index (χ0n) is 7.23. The molecule has 70 valence electrons. The first-order valence-electron chi connectivity index (χ1n) is 4.79. The van der Waals surface area contributed by atoms with E-state index >= 15 is 0 Å². The summed E-state index contributed by atoms with van der Waals surface area (Å²) in [6.45, 7) is 0.0231. The van der Waals surface area contributed by atoms with Crippen LogP contribution < -0.4 is 0 Å². The van der Waals surface area contributed by atoms with E-state index in [-0.39, 0.29) is 13.1 Å². The maximum Gasteiger partial charge on any atom is 0.272 e. The molecule has 0 aromatic carbocycles. The fraction of sp³-hybridized carbons (Fsp3) is 1.00. The van der Waals surface area contributed by atoms with Gasteiger partial charge in [0.15, 0.2) is 0 Å². The van der Waals surface area contributed by atoms with Gasteiger partial charge in [0.2, 0.25) is 0 Å². The highest BCUT2D eigenvalue weighted by atomic mass is 19.3. The number of alkyl halides is 2. The van der Waals surface area contributed by atoms with Crippen molar-refractivity contribution in [3.05, 3.63) is 0 Å². The molecule has 0 radical (unpaired) electrons. The molecule has 0 spiro atoms. The summed E-state index contributed by atoms with van der Waals surface area (Å²) in [6, 6.07) is 0.471. The molecule has 0 atom stereocenters. The van der Waals surface area contributed by atoms with E-state index in [1.807, 2.05) is 4.90 Å². The van der Waals surface area contributed by atoms with Crippen LogP contribution in [0.5, 0.6) is 0 Å². The average molecular weight is 175 g/mol. The minimum absolute atomic E-state index is 0.0116. The first kappa shape index (κ1) is 8.42. The van der Waals surface area contributed by atoms with Gasteiger partial charge in [0.05, 0.1) is 13.1 Å². The van der Waals surface area contributed by atoms with E-state index in [0.29, 0.717) is 6.04 Å². The molecule has 0 bridgehead atoms. The van der Waals surface area contributed by atoms with Crippen LogP contribution >= 0.6 is 0 Å². The monoisotopic (exact) mass is 175 g/mol. The Balaban J connectivity index is 1.79. The van der Waals surface area contributed by atoms with Crippen LogP contribution in [0, 0.1) is 0 Å². The Labute approximate surface area is 71.7 Å².